The molecule has 2 aromatic carbocycles. The van der Waals surface area contributed by atoms with Crippen molar-refractivity contribution in [2.24, 2.45) is 0 Å². The summed E-state index contributed by atoms with van der Waals surface area (Å²) in [6.45, 7) is -0.552. The van der Waals surface area contributed by atoms with Gasteiger partial charge >= 0.3 is 5.97 Å². The molecule has 2 heterocycles. The van der Waals surface area contributed by atoms with Gasteiger partial charge in [0.1, 0.15) is 5.75 Å². The van der Waals surface area contributed by atoms with E-state index in [2.05, 4.69) is 5.32 Å². The Morgan fingerprint density at radius 3 is 2.62 bits per heavy atom. The molecule has 0 saturated carbocycles. The second-order valence-electron chi connectivity index (χ2n) is 7.19. The summed E-state index contributed by atoms with van der Waals surface area (Å²) in [6.07, 6.45) is -0.102. The molecule has 1 N–H and O–H groups in total. The van der Waals surface area contributed by atoms with Crippen molar-refractivity contribution >= 4 is 41.0 Å². The highest BCUT2D eigenvalue weighted by atomic mass is 16.5. The van der Waals surface area contributed by atoms with Gasteiger partial charge < -0.3 is 19.7 Å². The van der Waals surface area contributed by atoms with E-state index in [4.69, 9.17) is 9.47 Å². The second-order valence-corrected chi connectivity index (χ2v) is 7.19. The predicted octanol–water partition coefficient (Wildman–Crippen LogP) is 1.21. The van der Waals surface area contributed by atoms with Crippen LogP contribution in [0.5, 0.6) is 5.75 Å². The van der Waals surface area contributed by atoms with Gasteiger partial charge in [-0.3, -0.25) is 28.9 Å². The molecule has 0 spiro atoms. The third-order valence-electron chi connectivity index (χ3n) is 5.09. The molecular formula is C22H19N3O7. The summed E-state index contributed by atoms with van der Waals surface area (Å²) in [4.78, 5) is 62.7. The number of carbonyl (C=O) groups excluding carboxylic acids is 5. The molecule has 4 amide bonds. The molecule has 10 heteroatoms. The molecule has 4 rings (SSSR count). The summed E-state index contributed by atoms with van der Waals surface area (Å²) < 4.78 is 10.3. The monoisotopic (exact) mass is 437 g/mol. The fourth-order valence-corrected chi connectivity index (χ4v) is 3.46. The maximum absolute atomic E-state index is 12.1. The van der Waals surface area contributed by atoms with Crippen molar-refractivity contribution in [1.29, 1.82) is 0 Å². The molecule has 2 aliphatic rings. The van der Waals surface area contributed by atoms with E-state index in [0.717, 1.165) is 4.90 Å². The number of fused-ring (bicyclic) bond motifs is 2. The zero-order valence-electron chi connectivity index (χ0n) is 17.1. The summed E-state index contributed by atoms with van der Waals surface area (Å²) in [7, 11) is 1.38. The van der Waals surface area contributed by atoms with Gasteiger partial charge in [-0.2, -0.15) is 0 Å². The number of amides is 4. The van der Waals surface area contributed by atoms with Crippen LogP contribution in [0.25, 0.3) is 0 Å². The van der Waals surface area contributed by atoms with Crippen LogP contribution in [0.3, 0.4) is 0 Å². The Kier molecular flexibility index (Phi) is 5.59. The van der Waals surface area contributed by atoms with Gasteiger partial charge in [0.15, 0.2) is 13.2 Å². The molecule has 10 nitrogen and oxygen atoms in total. The molecule has 0 aromatic heterocycles. The minimum atomic E-state index is -0.645. The Bertz CT molecular complexity index is 1140. The van der Waals surface area contributed by atoms with Crippen LogP contribution in [-0.4, -0.2) is 61.3 Å². The molecule has 0 aliphatic carbocycles. The summed E-state index contributed by atoms with van der Waals surface area (Å²) >= 11 is 0. The van der Waals surface area contributed by atoms with Gasteiger partial charge in [0.05, 0.1) is 23.2 Å². The van der Waals surface area contributed by atoms with Crippen LogP contribution in [-0.2, 0) is 19.1 Å². The first-order valence-electron chi connectivity index (χ1n) is 9.79. The third-order valence-corrected chi connectivity index (χ3v) is 5.09. The molecule has 0 bridgehead atoms. The van der Waals surface area contributed by atoms with Gasteiger partial charge in [0.25, 0.3) is 23.6 Å². The van der Waals surface area contributed by atoms with E-state index in [1.54, 1.807) is 24.3 Å². The average molecular weight is 437 g/mol. The Morgan fingerprint density at radius 2 is 1.81 bits per heavy atom. The van der Waals surface area contributed by atoms with Crippen LogP contribution in [0.2, 0.25) is 0 Å². The van der Waals surface area contributed by atoms with E-state index in [1.165, 1.54) is 30.1 Å². The highest BCUT2D eigenvalue weighted by molar-refractivity contribution is 6.21. The zero-order chi connectivity index (χ0) is 22.8. The number of anilines is 2. The van der Waals surface area contributed by atoms with Gasteiger partial charge in [-0.25, -0.2) is 0 Å². The fourth-order valence-electron chi connectivity index (χ4n) is 3.46. The van der Waals surface area contributed by atoms with Crippen LogP contribution < -0.4 is 15.0 Å². The number of carbonyl (C=O) groups is 5. The summed E-state index contributed by atoms with van der Waals surface area (Å²) in [5.74, 6) is -1.82. The van der Waals surface area contributed by atoms with Gasteiger partial charge in [-0.05, 0) is 30.3 Å². The maximum Gasteiger partial charge on any atom is 0.308 e. The standard InChI is InChI=1S/C22H19N3O7/c1-24-21(29)14-7-6-13(10-15(14)22(24)30)23-18(26)11-32-20(28)8-9-25-16-4-2-3-5-17(16)31-12-19(25)27/h2-7,10H,8-9,11-12H2,1H3,(H,23,26). The number of nitrogens with zero attached hydrogens (tertiary/aromatic N) is 2. The summed E-state index contributed by atoms with van der Waals surface area (Å²) in [5.41, 5.74) is 1.34. The minimum Gasteiger partial charge on any atom is -0.482 e. The zero-order valence-corrected chi connectivity index (χ0v) is 17.1. The quantitative estimate of drug-likeness (QED) is 0.532. The largest absolute Gasteiger partial charge is 0.482 e. The van der Waals surface area contributed by atoms with Crippen molar-refractivity contribution in [3.05, 3.63) is 53.6 Å². The smallest absolute Gasteiger partial charge is 0.308 e. The first kappa shape index (κ1) is 21.0. The molecule has 0 fully saturated rings. The fraction of sp³-hybridized carbons (Fsp3) is 0.227. The third kappa shape index (κ3) is 4.02. The van der Waals surface area contributed by atoms with Crippen molar-refractivity contribution in [1.82, 2.24) is 4.90 Å². The second kappa shape index (κ2) is 8.50. The molecule has 0 saturated heterocycles. The van der Waals surface area contributed by atoms with Crippen molar-refractivity contribution in [3.63, 3.8) is 0 Å². The van der Waals surface area contributed by atoms with Crippen molar-refractivity contribution in [2.45, 2.75) is 6.42 Å². The van der Waals surface area contributed by atoms with Crippen LogP contribution >= 0.6 is 0 Å². The Hall–Kier alpha value is -4.21. The molecule has 2 aliphatic heterocycles. The minimum absolute atomic E-state index is 0.0914. The maximum atomic E-state index is 12.1. The average Bonchev–Trinajstić information content (AvgIpc) is 3.00. The topological polar surface area (TPSA) is 122 Å². The number of ether oxygens (including phenoxy) is 2. The highest BCUT2D eigenvalue weighted by Gasteiger charge is 2.32. The lowest BCUT2D eigenvalue weighted by Gasteiger charge is -2.28. The number of benzene rings is 2. The van der Waals surface area contributed by atoms with E-state index in [1.807, 2.05) is 0 Å². The van der Waals surface area contributed by atoms with Gasteiger partial charge in [-0.1, -0.05) is 12.1 Å². The molecule has 0 unspecified atom stereocenters. The van der Waals surface area contributed by atoms with E-state index < -0.39 is 30.3 Å². The first-order valence-corrected chi connectivity index (χ1v) is 9.79. The van der Waals surface area contributed by atoms with Gasteiger partial charge in [0, 0.05) is 19.3 Å². The highest BCUT2D eigenvalue weighted by Crippen LogP contribution is 2.31. The van der Waals surface area contributed by atoms with Crippen LogP contribution in [0.1, 0.15) is 27.1 Å². The first-order chi connectivity index (χ1) is 15.3. The SMILES string of the molecule is CN1C(=O)c2ccc(NC(=O)COC(=O)CCN3C(=O)COc4ccccc43)cc2C1=O. The van der Waals surface area contributed by atoms with Crippen molar-refractivity contribution in [2.75, 3.05) is 37.0 Å². The van der Waals surface area contributed by atoms with E-state index in [-0.39, 0.29) is 36.6 Å². The lowest BCUT2D eigenvalue weighted by molar-refractivity contribution is -0.147. The van der Waals surface area contributed by atoms with E-state index in [0.29, 0.717) is 17.1 Å². The number of esters is 1. The van der Waals surface area contributed by atoms with E-state index in [9.17, 15) is 24.0 Å². The number of hydrogen-bond donors (Lipinski definition) is 1. The summed E-state index contributed by atoms with van der Waals surface area (Å²) in [5, 5.41) is 2.52. The number of nitrogens with one attached hydrogen (secondary N) is 1. The predicted molar refractivity (Wildman–Crippen MR) is 111 cm³/mol. The number of para-hydroxylation sites is 2. The van der Waals surface area contributed by atoms with Crippen LogP contribution in [0, 0.1) is 0 Å². The molecule has 32 heavy (non-hydrogen) atoms. The number of hydrogen-bond acceptors (Lipinski definition) is 7. The molecular weight excluding hydrogens is 418 g/mol. The summed E-state index contributed by atoms with van der Waals surface area (Å²) in [6, 6.07) is 11.3. The lowest BCUT2D eigenvalue weighted by atomic mass is 10.1. The van der Waals surface area contributed by atoms with Gasteiger partial charge in [0.2, 0.25) is 0 Å². The van der Waals surface area contributed by atoms with Crippen LogP contribution in [0.15, 0.2) is 42.5 Å². The Labute approximate surface area is 182 Å². The van der Waals surface area contributed by atoms with Crippen LogP contribution in [0.4, 0.5) is 11.4 Å². The van der Waals surface area contributed by atoms with Gasteiger partial charge in [-0.15, -0.1) is 0 Å². The molecule has 0 atom stereocenters. The normalized spacial score (nSPS) is 14.6. The van der Waals surface area contributed by atoms with E-state index >= 15 is 0 Å². The Balaban J connectivity index is 1.28. The lowest BCUT2D eigenvalue weighted by Crippen LogP contribution is -2.40. The van der Waals surface area contributed by atoms with Crippen molar-refractivity contribution in [3.8, 4) is 5.75 Å². The number of rotatable bonds is 6. The Morgan fingerprint density at radius 1 is 1.06 bits per heavy atom. The molecule has 2 aromatic rings. The number of imide groups is 1. The molecule has 164 valence electrons. The van der Waals surface area contributed by atoms with Crippen molar-refractivity contribution < 1.29 is 33.4 Å². The molecule has 0 radical (unpaired) electrons.